The van der Waals surface area contributed by atoms with Gasteiger partial charge in [0.05, 0.1) is 12.3 Å². The van der Waals surface area contributed by atoms with Crippen molar-refractivity contribution >= 4 is 28.9 Å². The maximum atomic E-state index is 11.9. The number of benzene rings is 1. The number of ether oxygens (including phenoxy) is 1. The Balaban J connectivity index is 1.96. The number of carbonyl (C=O) groups excluding carboxylic acids is 1. The van der Waals surface area contributed by atoms with Crippen molar-refractivity contribution in [2.75, 3.05) is 6.61 Å². The van der Waals surface area contributed by atoms with Gasteiger partial charge in [0.25, 0.3) is 0 Å². The average Bonchev–Trinajstić information content (AvgIpc) is 2.75. The lowest BCUT2D eigenvalue weighted by atomic mass is 10.0. The number of carbonyl (C=O) groups is 1. The number of thiazole rings is 1. The summed E-state index contributed by atoms with van der Waals surface area (Å²) in [5, 5.41) is 0. The summed E-state index contributed by atoms with van der Waals surface area (Å²) >= 11 is 6.92. The first-order valence-electron chi connectivity index (χ1n) is 5.93. The lowest BCUT2D eigenvalue weighted by Gasteiger charge is -2.11. The van der Waals surface area contributed by atoms with Crippen LogP contribution in [0, 0.1) is 6.92 Å². The lowest BCUT2D eigenvalue weighted by Crippen LogP contribution is -2.11. The van der Waals surface area contributed by atoms with Crippen molar-refractivity contribution < 1.29 is 9.53 Å². The molecule has 3 nitrogen and oxygen atoms in total. The van der Waals surface area contributed by atoms with Gasteiger partial charge < -0.3 is 4.74 Å². The third-order valence-electron chi connectivity index (χ3n) is 2.79. The van der Waals surface area contributed by atoms with Gasteiger partial charge in [-0.25, -0.2) is 9.78 Å². The minimum Gasteiger partial charge on any atom is -0.461 e. The zero-order chi connectivity index (χ0) is 13.8. The fraction of sp³-hybridized carbons (Fsp3) is 0.286. The largest absolute Gasteiger partial charge is 0.461 e. The molecule has 1 aromatic heterocycles. The molecule has 1 unspecified atom stereocenters. The van der Waals surface area contributed by atoms with Gasteiger partial charge in [-0.3, -0.25) is 0 Å². The van der Waals surface area contributed by atoms with Crippen LogP contribution in [0.4, 0.5) is 0 Å². The number of halogens is 1. The van der Waals surface area contributed by atoms with E-state index in [9.17, 15) is 4.79 Å². The first kappa shape index (κ1) is 14.0. The third-order valence-corrected chi connectivity index (χ3v) is 4.03. The van der Waals surface area contributed by atoms with Crippen LogP contribution in [0.5, 0.6) is 0 Å². The summed E-state index contributed by atoms with van der Waals surface area (Å²) < 4.78 is 5.67. The molecule has 0 radical (unpaired) electrons. The maximum absolute atomic E-state index is 11.9. The summed E-state index contributed by atoms with van der Waals surface area (Å²) in [6.07, 6.45) is 0. The number of esters is 1. The van der Waals surface area contributed by atoms with Gasteiger partial charge in [-0.2, -0.15) is 0 Å². The molecule has 19 heavy (non-hydrogen) atoms. The van der Waals surface area contributed by atoms with Gasteiger partial charge >= 0.3 is 5.97 Å². The SMILES string of the molecule is Cc1nc(Cl)sc1C(=O)OCC(C)c1ccccc1. The Labute approximate surface area is 121 Å². The van der Waals surface area contributed by atoms with Crippen LogP contribution in [0.25, 0.3) is 0 Å². The normalized spacial score (nSPS) is 12.2. The van der Waals surface area contributed by atoms with Gasteiger partial charge in [0.2, 0.25) is 0 Å². The van der Waals surface area contributed by atoms with E-state index in [0.29, 0.717) is 21.6 Å². The molecule has 0 aliphatic heterocycles. The molecule has 0 N–H and O–H groups in total. The predicted molar refractivity (Wildman–Crippen MR) is 77.0 cm³/mol. The Hall–Kier alpha value is -1.39. The van der Waals surface area contributed by atoms with Crippen molar-refractivity contribution in [1.29, 1.82) is 0 Å². The van der Waals surface area contributed by atoms with Crippen molar-refractivity contribution in [2.45, 2.75) is 19.8 Å². The minimum absolute atomic E-state index is 0.161. The van der Waals surface area contributed by atoms with E-state index >= 15 is 0 Å². The van der Waals surface area contributed by atoms with E-state index in [1.54, 1.807) is 6.92 Å². The topological polar surface area (TPSA) is 39.2 Å². The van der Waals surface area contributed by atoms with E-state index in [0.717, 1.165) is 16.9 Å². The molecule has 1 atom stereocenters. The molecule has 0 bridgehead atoms. The molecule has 0 aliphatic carbocycles. The van der Waals surface area contributed by atoms with Crippen molar-refractivity contribution in [3.8, 4) is 0 Å². The van der Waals surface area contributed by atoms with Gasteiger partial charge in [-0.15, -0.1) is 0 Å². The van der Waals surface area contributed by atoms with E-state index in [1.165, 1.54) is 0 Å². The molecule has 2 aromatic rings. The second-order valence-electron chi connectivity index (χ2n) is 4.29. The number of hydrogen-bond donors (Lipinski definition) is 0. The van der Waals surface area contributed by atoms with E-state index in [1.807, 2.05) is 37.3 Å². The van der Waals surface area contributed by atoms with E-state index in [-0.39, 0.29) is 11.9 Å². The Kier molecular flexibility index (Phi) is 4.56. The number of rotatable bonds is 4. The van der Waals surface area contributed by atoms with Gasteiger partial charge in [-0.1, -0.05) is 60.2 Å². The summed E-state index contributed by atoms with van der Waals surface area (Å²) in [4.78, 5) is 16.4. The van der Waals surface area contributed by atoms with Crippen molar-refractivity contribution in [1.82, 2.24) is 4.98 Å². The second-order valence-corrected chi connectivity index (χ2v) is 5.87. The van der Waals surface area contributed by atoms with Crippen LogP contribution in [-0.2, 0) is 4.74 Å². The van der Waals surface area contributed by atoms with Crippen LogP contribution in [0.1, 0.15) is 33.8 Å². The fourth-order valence-corrected chi connectivity index (χ4v) is 2.74. The minimum atomic E-state index is -0.357. The van der Waals surface area contributed by atoms with Gasteiger partial charge in [0, 0.05) is 5.92 Å². The quantitative estimate of drug-likeness (QED) is 0.798. The summed E-state index contributed by atoms with van der Waals surface area (Å²) in [5.74, 6) is -0.196. The molecule has 0 amide bonds. The smallest absolute Gasteiger partial charge is 0.350 e. The maximum Gasteiger partial charge on any atom is 0.350 e. The Bertz CT molecular complexity index is 568. The number of nitrogens with zero attached hydrogens (tertiary/aromatic N) is 1. The summed E-state index contributed by atoms with van der Waals surface area (Å²) in [5.41, 5.74) is 1.77. The molecule has 0 saturated carbocycles. The number of aromatic nitrogens is 1. The molecule has 2 rings (SSSR count). The highest BCUT2D eigenvalue weighted by atomic mass is 35.5. The molecule has 0 fully saturated rings. The highest BCUT2D eigenvalue weighted by Crippen LogP contribution is 2.23. The second kappa shape index (κ2) is 6.17. The molecular formula is C14H14ClNO2S. The Morgan fingerprint density at radius 1 is 1.42 bits per heavy atom. The first-order chi connectivity index (χ1) is 9.08. The van der Waals surface area contributed by atoms with Crippen LogP contribution < -0.4 is 0 Å². The van der Waals surface area contributed by atoms with Crippen molar-refractivity contribution in [3.05, 3.63) is 50.9 Å². The van der Waals surface area contributed by atoms with Crippen LogP contribution in [0.2, 0.25) is 4.47 Å². The van der Waals surface area contributed by atoms with Gasteiger partial charge in [-0.05, 0) is 12.5 Å². The van der Waals surface area contributed by atoms with Crippen molar-refractivity contribution in [3.63, 3.8) is 0 Å². The highest BCUT2D eigenvalue weighted by molar-refractivity contribution is 7.17. The van der Waals surface area contributed by atoms with E-state index < -0.39 is 0 Å². The summed E-state index contributed by atoms with van der Waals surface area (Å²) in [7, 11) is 0. The lowest BCUT2D eigenvalue weighted by molar-refractivity contribution is 0.0490. The molecule has 1 heterocycles. The van der Waals surface area contributed by atoms with Gasteiger partial charge in [0.15, 0.2) is 4.47 Å². The van der Waals surface area contributed by atoms with Crippen LogP contribution in [-0.4, -0.2) is 17.6 Å². The zero-order valence-corrected chi connectivity index (χ0v) is 12.3. The Morgan fingerprint density at radius 3 is 2.68 bits per heavy atom. The standard InChI is InChI=1S/C14H14ClNO2S/c1-9(11-6-4-3-5-7-11)8-18-13(17)12-10(2)16-14(15)19-12/h3-7,9H,8H2,1-2H3. The molecular weight excluding hydrogens is 282 g/mol. The van der Waals surface area contributed by atoms with Crippen LogP contribution in [0.3, 0.4) is 0 Å². The molecule has 100 valence electrons. The van der Waals surface area contributed by atoms with Crippen LogP contribution >= 0.6 is 22.9 Å². The average molecular weight is 296 g/mol. The zero-order valence-electron chi connectivity index (χ0n) is 10.7. The molecule has 1 aromatic carbocycles. The fourth-order valence-electron chi connectivity index (χ4n) is 1.70. The van der Waals surface area contributed by atoms with Crippen LogP contribution in [0.15, 0.2) is 30.3 Å². The van der Waals surface area contributed by atoms with Crippen molar-refractivity contribution in [2.24, 2.45) is 0 Å². The highest BCUT2D eigenvalue weighted by Gasteiger charge is 2.17. The first-order valence-corrected chi connectivity index (χ1v) is 7.12. The predicted octanol–water partition coefficient (Wildman–Crippen LogP) is 4.07. The third kappa shape index (κ3) is 3.55. The molecule has 5 heteroatoms. The Morgan fingerprint density at radius 2 is 2.11 bits per heavy atom. The summed E-state index contributed by atoms with van der Waals surface area (Å²) in [6, 6.07) is 9.95. The van der Waals surface area contributed by atoms with Gasteiger partial charge in [0.1, 0.15) is 4.88 Å². The summed E-state index contributed by atoms with van der Waals surface area (Å²) in [6.45, 7) is 4.12. The molecule has 0 saturated heterocycles. The number of hydrogen-bond acceptors (Lipinski definition) is 4. The molecule has 0 aliphatic rings. The van der Waals surface area contributed by atoms with E-state index in [2.05, 4.69) is 4.98 Å². The van der Waals surface area contributed by atoms with E-state index in [4.69, 9.17) is 16.3 Å². The number of aryl methyl sites for hydroxylation is 1. The molecule has 0 spiro atoms. The monoisotopic (exact) mass is 295 g/mol.